The number of amides is 1. The molecule has 0 radical (unpaired) electrons. The van der Waals surface area contributed by atoms with E-state index in [1.54, 1.807) is 6.20 Å². The van der Waals surface area contributed by atoms with Gasteiger partial charge in [0.05, 0.1) is 5.75 Å². The number of rotatable bonds is 8. The molecule has 1 saturated heterocycles. The molecule has 112 valence electrons. The van der Waals surface area contributed by atoms with E-state index in [9.17, 15) is 4.79 Å². The van der Waals surface area contributed by atoms with Gasteiger partial charge < -0.3 is 14.8 Å². The standard InChI is InChI=1S/C14H24N4OS/c1-17-11-7-16-14(17)20-12-13(19)15-6-2-3-8-18-9-4-5-10-18/h7,11H,2-6,8-10,12H2,1H3,(H,15,19). The number of hydrogen-bond acceptors (Lipinski definition) is 4. The maximum Gasteiger partial charge on any atom is 0.230 e. The fraction of sp³-hybridized carbons (Fsp3) is 0.714. The van der Waals surface area contributed by atoms with Crippen LogP contribution in [0.4, 0.5) is 0 Å². The lowest BCUT2D eigenvalue weighted by Gasteiger charge is -2.13. The zero-order valence-electron chi connectivity index (χ0n) is 12.2. The highest BCUT2D eigenvalue weighted by Crippen LogP contribution is 2.13. The second-order valence-corrected chi connectivity index (χ2v) is 6.16. The summed E-state index contributed by atoms with van der Waals surface area (Å²) in [6, 6.07) is 0. The van der Waals surface area contributed by atoms with Crippen molar-refractivity contribution >= 4 is 17.7 Å². The van der Waals surface area contributed by atoms with E-state index in [4.69, 9.17) is 0 Å². The first kappa shape index (κ1) is 15.4. The molecule has 0 unspecified atom stereocenters. The molecule has 5 nitrogen and oxygen atoms in total. The summed E-state index contributed by atoms with van der Waals surface area (Å²) >= 11 is 1.48. The Hall–Kier alpha value is -1.01. The van der Waals surface area contributed by atoms with Crippen molar-refractivity contribution in [1.29, 1.82) is 0 Å². The van der Waals surface area contributed by atoms with E-state index < -0.39 is 0 Å². The smallest absolute Gasteiger partial charge is 0.230 e. The predicted molar refractivity (Wildman–Crippen MR) is 81.8 cm³/mol. The second kappa shape index (κ2) is 8.32. The minimum atomic E-state index is 0.0965. The van der Waals surface area contributed by atoms with Gasteiger partial charge in [-0.15, -0.1) is 0 Å². The number of aryl methyl sites for hydroxylation is 1. The van der Waals surface area contributed by atoms with Crippen LogP contribution in [0.1, 0.15) is 25.7 Å². The van der Waals surface area contributed by atoms with Crippen LogP contribution in [0.5, 0.6) is 0 Å². The molecule has 1 amide bonds. The number of carbonyl (C=O) groups is 1. The Morgan fingerprint density at radius 1 is 1.40 bits per heavy atom. The van der Waals surface area contributed by atoms with E-state index in [1.807, 2.05) is 17.8 Å². The largest absolute Gasteiger partial charge is 0.355 e. The number of hydrogen-bond donors (Lipinski definition) is 1. The average Bonchev–Trinajstić information content (AvgIpc) is 3.08. The summed E-state index contributed by atoms with van der Waals surface area (Å²) < 4.78 is 1.92. The molecule has 1 aromatic heterocycles. The van der Waals surface area contributed by atoms with Crippen LogP contribution in [0.3, 0.4) is 0 Å². The number of carbonyl (C=O) groups excluding carboxylic acids is 1. The van der Waals surface area contributed by atoms with Gasteiger partial charge in [0.15, 0.2) is 5.16 Å². The third-order valence-electron chi connectivity index (χ3n) is 3.53. The van der Waals surface area contributed by atoms with E-state index >= 15 is 0 Å². The minimum Gasteiger partial charge on any atom is -0.355 e. The first-order chi connectivity index (χ1) is 9.75. The van der Waals surface area contributed by atoms with Crippen LogP contribution in [-0.4, -0.2) is 52.3 Å². The second-order valence-electron chi connectivity index (χ2n) is 5.22. The fourth-order valence-electron chi connectivity index (χ4n) is 2.37. The third-order valence-corrected chi connectivity index (χ3v) is 4.59. The topological polar surface area (TPSA) is 50.2 Å². The number of aromatic nitrogens is 2. The van der Waals surface area contributed by atoms with Crippen molar-refractivity contribution in [1.82, 2.24) is 19.8 Å². The van der Waals surface area contributed by atoms with E-state index in [1.165, 1.54) is 50.7 Å². The molecule has 1 fully saturated rings. The van der Waals surface area contributed by atoms with E-state index in [0.29, 0.717) is 5.75 Å². The molecule has 1 aromatic rings. The molecule has 1 N–H and O–H groups in total. The summed E-state index contributed by atoms with van der Waals surface area (Å²) in [5.74, 6) is 0.538. The minimum absolute atomic E-state index is 0.0965. The molecule has 2 rings (SSSR count). The van der Waals surface area contributed by atoms with Crippen molar-refractivity contribution in [2.45, 2.75) is 30.8 Å². The highest BCUT2D eigenvalue weighted by Gasteiger charge is 2.10. The number of unbranched alkanes of at least 4 members (excludes halogenated alkanes) is 1. The Balaban J connectivity index is 1.48. The molecule has 0 aromatic carbocycles. The predicted octanol–water partition coefficient (Wildman–Crippen LogP) is 1.50. The molecule has 6 heteroatoms. The van der Waals surface area contributed by atoms with Crippen molar-refractivity contribution in [2.24, 2.45) is 7.05 Å². The quantitative estimate of drug-likeness (QED) is 0.583. The lowest BCUT2D eigenvalue weighted by atomic mass is 10.3. The molecule has 0 bridgehead atoms. The molecule has 2 heterocycles. The molecule has 0 atom stereocenters. The maximum absolute atomic E-state index is 11.7. The molecular weight excluding hydrogens is 272 g/mol. The van der Waals surface area contributed by atoms with E-state index in [2.05, 4.69) is 15.2 Å². The zero-order valence-corrected chi connectivity index (χ0v) is 13.0. The normalized spacial score (nSPS) is 15.7. The molecule has 20 heavy (non-hydrogen) atoms. The number of thioether (sulfide) groups is 1. The summed E-state index contributed by atoms with van der Waals surface area (Å²) in [5.41, 5.74) is 0. The fourth-order valence-corrected chi connectivity index (χ4v) is 3.13. The van der Waals surface area contributed by atoms with Gasteiger partial charge in [-0.25, -0.2) is 4.98 Å². The lowest BCUT2D eigenvalue weighted by molar-refractivity contribution is -0.118. The van der Waals surface area contributed by atoms with Gasteiger partial charge in [0.2, 0.25) is 5.91 Å². The van der Waals surface area contributed by atoms with Crippen molar-refractivity contribution < 1.29 is 4.79 Å². The van der Waals surface area contributed by atoms with Gasteiger partial charge in [-0.2, -0.15) is 0 Å². The Morgan fingerprint density at radius 3 is 2.90 bits per heavy atom. The van der Waals surface area contributed by atoms with Crippen molar-refractivity contribution in [2.75, 3.05) is 31.9 Å². The average molecular weight is 296 g/mol. The van der Waals surface area contributed by atoms with Gasteiger partial charge in [-0.1, -0.05) is 11.8 Å². The van der Waals surface area contributed by atoms with Gasteiger partial charge in [-0.05, 0) is 45.3 Å². The van der Waals surface area contributed by atoms with E-state index in [0.717, 1.165) is 18.1 Å². The maximum atomic E-state index is 11.7. The van der Waals surface area contributed by atoms with Gasteiger partial charge in [0.25, 0.3) is 0 Å². The molecule has 0 spiro atoms. The summed E-state index contributed by atoms with van der Waals surface area (Å²) in [4.78, 5) is 18.4. The Labute approximate surface area is 125 Å². The van der Waals surface area contributed by atoms with Crippen molar-refractivity contribution in [3.8, 4) is 0 Å². The molecule has 1 aliphatic heterocycles. The van der Waals surface area contributed by atoms with Gasteiger partial charge >= 0.3 is 0 Å². The summed E-state index contributed by atoms with van der Waals surface area (Å²) in [7, 11) is 1.94. The zero-order chi connectivity index (χ0) is 14.2. The molecule has 0 saturated carbocycles. The number of imidazole rings is 1. The van der Waals surface area contributed by atoms with Gasteiger partial charge in [0.1, 0.15) is 0 Å². The molecule has 1 aliphatic rings. The van der Waals surface area contributed by atoms with Crippen molar-refractivity contribution in [3.63, 3.8) is 0 Å². The summed E-state index contributed by atoms with van der Waals surface area (Å²) in [5, 5.41) is 3.86. The van der Waals surface area contributed by atoms with Crippen LogP contribution < -0.4 is 5.32 Å². The van der Waals surface area contributed by atoms with Crippen LogP contribution in [0, 0.1) is 0 Å². The van der Waals surface area contributed by atoms with Gasteiger partial charge in [-0.3, -0.25) is 4.79 Å². The van der Waals surface area contributed by atoms with Crippen LogP contribution in [0.2, 0.25) is 0 Å². The van der Waals surface area contributed by atoms with Crippen molar-refractivity contribution in [3.05, 3.63) is 12.4 Å². The lowest BCUT2D eigenvalue weighted by Crippen LogP contribution is -2.27. The van der Waals surface area contributed by atoms with E-state index in [-0.39, 0.29) is 5.91 Å². The monoisotopic (exact) mass is 296 g/mol. The summed E-state index contributed by atoms with van der Waals surface area (Å²) in [6.45, 7) is 4.48. The Bertz CT molecular complexity index is 415. The highest BCUT2D eigenvalue weighted by atomic mass is 32.2. The Morgan fingerprint density at radius 2 is 2.20 bits per heavy atom. The van der Waals surface area contributed by atoms with Crippen LogP contribution in [0.15, 0.2) is 17.6 Å². The Kier molecular flexibility index (Phi) is 6.39. The first-order valence-electron chi connectivity index (χ1n) is 7.35. The van der Waals surface area contributed by atoms with Crippen LogP contribution >= 0.6 is 11.8 Å². The first-order valence-corrected chi connectivity index (χ1v) is 8.33. The number of likely N-dealkylation sites (tertiary alicyclic amines) is 1. The number of nitrogens with one attached hydrogen (secondary N) is 1. The van der Waals surface area contributed by atoms with Crippen LogP contribution in [-0.2, 0) is 11.8 Å². The molecular formula is C14H24N4OS. The highest BCUT2D eigenvalue weighted by molar-refractivity contribution is 7.99. The molecule has 0 aliphatic carbocycles. The summed E-state index contributed by atoms with van der Waals surface area (Å²) in [6.07, 6.45) is 8.57. The third kappa shape index (κ3) is 5.17. The van der Waals surface area contributed by atoms with Gasteiger partial charge in [0, 0.05) is 26.0 Å². The number of nitrogens with zero attached hydrogens (tertiary/aromatic N) is 3. The van der Waals surface area contributed by atoms with Crippen LogP contribution in [0.25, 0.3) is 0 Å². The SMILES string of the molecule is Cn1ccnc1SCC(=O)NCCCCN1CCCC1.